The predicted molar refractivity (Wildman–Crippen MR) is 92.6 cm³/mol. The van der Waals surface area contributed by atoms with Gasteiger partial charge in [-0.3, -0.25) is 9.59 Å². The van der Waals surface area contributed by atoms with Gasteiger partial charge in [-0.1, -0.05) is 25.0 Å². The molecule has 1 heterocycles. The quantitative estimate of drug-likeness (QED) is 0.619. The first-order valence-electron chi connectivity index (χ1n) is 9.21. The second kappa shape index (κ2) is 6.60. The number of fused-ring (bicyclic) bond motifs is 1. The highest BCUT2D eigenvalue weighted by molar-refractivity contribution is 5.81. The summed E-state index contributed by atoms with van der Waals surface area (Å²) in [5.41, 5.74) is 1.45. The van der Waals surface area contributed by atoms with Crippen LogP contribution in [0.2, 0.25) is 0 Å². The van der Waals surface area contributed by atoms with Crippen molar-refractivity contribution in [2.24, 2.45) is 23.2 Å². The molecule has 0 bridgehead atoms. The number of allylic oxidation sites excluding steroid dienone is 2. The van der Waals surface area contributed by atoms with Gasteiger partial charge in [0.15, 0.2) is 0 Å². The lowest BCUT2D eigenvalue weighted by atomic mass is 9.53. The van der Waals surface area contributed by atoms with E-state index in [1.54, 1.807) is 0 Å². The van der Waals surface area contributed by atoms with Gasteiger partial charge in [0.2, 0.25) is 0 Å². The number of carboxylic acids is 1. The first kappa shape index (κ1) is 18.2. The van der Waals surface area contributed by atoms with Crippen LogP contribution in [0, 0.1) is 23.2 Å². The molecule has 1 fully saturated rings. The summed E-state index contributed by atoms with van der Waals surface area (Å²) < 4.78 is 11.8. The molecule has 3 rings (SSSR count). The number of carbonyl (C=O) groups excluding carboxylic acids is 1. The topological polar surface area (TPSA) is 72.8 Å². The van der Waals surface area contributed by atoms with Crippen molar-refractivity contribution >= 4 is 11.9 Å². The maximum atomic E-state index is 12.2. The lowest BCUT2D eigenvalue weighted by Crippen LogP contribution is -2.54. The Bertz CT molecular complexity index is 646. The number of aliphatic carboxylic acids is 1. The second-order valence-corrected chi connectivity index (χ2v) is 7.94. The zero-order valence-corrected chi connectivity index (χ0v) is 15.5. The van der Waals surface area contributed by atoms with Crippen molar-refractivity contribution in [1.29, 1.82) is 0 Å². The summed E-state index contributed by atoms with van der Waals surface area (Å²) in [6.45, 7) is 8.28. The van der Waals surface area contributed by atoms with Crippen molar-refractivity contribution in [2.75, 3.05) is 6.61 Å². The molecule has 0 saturated heterocycles. The van der Waals surface area contributed by atoms with E-state index in [1.165, 1.54) is 0 Å². The van der Waals surface area contributed by atoms with E-state index in [2.05, 4.69) is 0 Å². The molecule has 0 spiro atoms. The summed E-state index contributed by atoms with van der Waals surface area (Å²) in [7, 11) is 0. The fourth-order valence-corrected chi connectivity index (χ4v) is 4.88. The van der Waals surface area contributed by atoms with Crippen molar-refractivity contribution in [2.45, 2.75) is 59.5 Å². The van der Waals surface area contributed by atoms with Crippen molar-refractivity contribution in [3.8, 4) is 0 Å². The van der Waals surface area contributed by atoms with Crippen molar-refractivity contribution in [1.82, 2.24) is 0 Å². The van der Waals surface area contributed by atoms with E-state index in [9.17, 15) is 14.7 Å². The average Bonchev–Trinajstić information content (AvgIpc) is 2.84. The molecule has 0 aromatic heterocycles. The van der Waals surface area contributed by atoms with Crippen LogP contribution in [0.3, 0.4) is 0 Å². The van der Waals surface area contributed by atoms with Gasteiger partial charge in [0.05, 0.1) is 24.5 Å². The highest BCUT2D eigenvalue weighted by Crippen LogP contribution is 2.58. The predicted octanol–water partition coefficient (Wildman–Crippen LogP) is 3.70. The molecule has 1 N–H and O–H groups in total. The van der Waals surface area contributed by atoms with Gasteiger partial charge in [0, 0.05) is 17.4 Å². The number of carboxylic acid groups (broad SMARTS) is 1. The van der Waals surface area contributed by atoms with Crippen LogP contribution in [-0.2, 0) is 19.1 Å². The zero-order valence-electron chi connectivity index (χ0n) is 15.5. The summed E-state index contributed by atoms with van der Waals surface area (Å²) in [4.78, 5) is 24.2. The van der Waals surface area contributed by atoms with Gasteiger partial charge in [-0.2, -0.15) is 0 Å². The molecule has 5 heteroatoms. The van der Waals surface area contributed by atoms with Crippen LogP contribution >= 0.6 is 0 Å². The van der Waals surface area contributed by atoms with Gasteiger partial charge < -0.3 is 14.6 Å². The minimum Gasteiger partial charge on any atom is -0.481 e. The highest BCUT2D eigenvalue weighted by Gasteiger charge is 2.59. The molecule has 0 amide bonds. The van der Waals surface area contributed by atoms with Crippen LogP contribution in [0.25, 0.3) is 0 Å². The highest BCUT2D eigenvalue weighted by atomic mass is 16.5. The van der Waals surface area contributed by atoms with E-state index in [1.807, 2.05) is 33.8 Å². The molecular weight excluding hydrogens is 320 g/mol. The van der Waals surface area contributed by atoms with Gasteiger partial charge in [-0.05, 0) is 39.5 Å². The summed E-state index contributed by atoms with van der Waals surface area (Å²) in [6.07, 6.45) is 4.76. The first-order valence-corrected chi connectivity index (χ1v) is 9.21. The third kappa shape index (κ3) is 2.82. The van der Waals surface area contributed by atoms with Crippen molar-refractivity contribution in [3.63, 3.8) is 0 Å². The second-order valence-electron chi connectivity index (χ2n) is 7.94. The molecule has 1 saturated carbocycles. The third-order valence-electron chi connectivity index (χ3n) is 6.59. The maximum absolute atomic E-state index is 12.2. The molecule has 5 atom stereocenters. The molecular formula is C20H28O5. The Morgan fingerprint density at radius 2 is 2.16 bits per heavy atom. The number of ether oxygens (including phenoxy) is 2. The van der Waals surface area contributed by atoms with E-state index >= 15 is 0 Å². The molecule has 5 nitrogen and oxygen atoms in total. The van der Waals surface area contributed by atoms with Crippen molar-refractivity contribution < 1.29 is 24.2 Å². The Morgan fingerprint density at radius 3 is 2.80 bits per heavy atom. The molecule has 0 radical (unpaired) electrons. The Balaban J connectivity index is 2.05. The van der Waals surface area contributed by atoms with E-state index in [-0.39, 0.29) is 23.9 Å². The molecule has 3 aliphatic rings. The molecule has 0 aromatic carbocycles. The van der Waals surface area contributed by atoms with Crippen LogP contribution in [0.4, 0.5) is 0 Å². The van der Waals surface area contributed by atoms with Crippen LogP contribution in [0.1, 0.15) is 53.4 Å². The minimum atomic E-state index is -0.759. The van der Waals surface area contributed by atoms with Gasteiger partial charge in [0.25, 0.3) is 0 Å². The molecule has 0 unspecified atom stereocenters. The Kier molecular flexibility index (Phi) is 4.80. The molecule has 25 heavy (non-hydrogen) atoms. The maximum Gasteiger partial charge on any atom is 0.318 e. The summed E-state index contributed by atoms with van der Waals surface area (Å²) in [6, 6.07) is 0. The first-order chi connectivity index (χ1) is 11.8. The van der Waals surface area contributed by atoms with Gasteiger partial charge in [0.1, 0.15) is 5.76 Å². The average molecular weight is 348 g/mol. The Hall–Kier alpha value is -1.62. The lowest BCUT2D eigenvalue weighted by Gasteiger charge is -2.53. The standard InChI is InChI=1S/C20H28O5/c1-5-11(2)10-24-17-16-12(3)19(23)25-15(16)9-13-7-6-8-14(18(21)22)20(13,17)4/h5,12-14,17H,6-10H2,1-4H3,(H,21,22)/b11-5-/t12-,13+,14+,17+,20-/m0/s1. The molecule has 2 aliphatic carbocycles. The number of rotatable bonds is 4. The lowest BCUT2D eigenvalue weighted by molar-refractivity contribution is -0.162. The monoisotopic (exact) mass is 348 g/mol. The minimum absolute atomic E-state index is 0.162. The molecule has 1 aliphatic heterocycles. The molecule has 138 valence electrons. The van der Waals surface area contributed by atoms with Crippen LogP contribution in [0.15, 0.2) is 23.0 Å². The molecule has 0 aromatic rings. The Morgan fingerprint density at radius 1 is 1.44 bits per heavy atom. The largest absolute Gasteiger partial charge is 0.481 e. The number of hydrogen-bond acceptors (Lipinski definition) is 4. The number of esters is 1. The van der Waals surface area contributed by atoms with Gasteiger partial charge >= 0.3 is 11.9 Å². The van der Waals surface area contributed by atoms with Crippen LogP contribution < -0.4 is 0 Å². The summed E-state index contributed by atoms with van der Waals surface area (Å²) in [5, 5.41) is 9.86. The Labute approximate surface area is 149 Å². The zero-order chi connectivity index (χ0) is 18.4. The smallest absolute Gasteiger partial charge is 0.318 e. The summed E-state index contributed by atoms with van der Waals surface area (Å²) in [5.74, 6) is -0.926. The van der Waals surface area contributed by atoms with Gasteiger partial charge in [-0.25, -0.2) is 0 Å². The van der Waals surface area contributed by atoms with E-state index in [4.69, 9.17) is 9.47 Å². The van der Waals surface area contributed by atoms with Crippen molar-refractivity contribution in [3.05, 3.63) is 23.0 Å². The summed E-state index contributed by atoms with van der Waals surface area (Å²) >= 11 is 0. The van der Waals surface area contributed by atoms with Crippen LogP contribution in [0.5, 0.6) is 0 Å². The third-order valence-corrected chi connectivity index (χ3v) is 6.59. The number of hydrogen-bond donors (Lipinski definition) is 1. The van der Waals surface area contributed by atoms with Gasteiger partial charge in [-0.15, -0.1) is 0 Å². The van der Waals surface area contributed by atoms with E-state index in [0.717, 1.165) is 29.7 Å². The normalized spacial score (nSPS) is 38.2. The fourth-order valence-electron chi connectivity index (χ4n) is 4.88. The fraction of sp³-hybridized carbons (Fsp3) is 0.700. The van der Waals surface area contributed by atoms with Crippen LogP contribution in [-0.4, -0.2) is 29.8 Å². The number of carbonyl (C=O) groups is 2. The van der Waals surface area contributed by atoms with E-state index in [0.29, 0.717) is 19.4 Å². The SMILES string of the molecule is C/C=C(/C)CO[C@@H]1C2=C(C[C@H]3CCC[C@H](C(=O)O)[C@]31C)OC(=O)[C@H]2C. The van der Waals surface area contributed by atoms with E-state index < -0.39 is 17.3 Å².